The highest BCUT2D eigenvalue weighted by molar-refractivity contribution is 6.30. The predicted molar refractivity (Wildman–Crippen MR) is 152 cm³/mol. The summed E-state index contributed by atoms with van der Waals surface area (Å²) >= 11 is 6.05. The second kappa shape index (κ2) is 16.0. The van der Waals surface area contributed by atoms with Crippen LogP contribution in [-0.4, -0.2) is 36.3 Å². The van der Waals surface area contributed by atoms with Crippen LogP contribution in [-0.2, 0) is 15.1 Å². The molecule has 0 amide bonds. The summed E-state index contributed by atoms with van der Waals surface area (Å²) in [5, 5.41) is 0.252. The molecule has 1 heterocycles. The van der Waals surface area contributed by atoms with E-state index in [4.69, 9.17) is 45.1 Å². The van der Waals surface area contributed by atoms with Gasteiger partial charge >= 0.3 is 5.97 Å². The third-order valence-electron chi connectivity index (χ3n) is 5.97. The zero-order valence-electron chi connectivity index (χ0n) is 41.5. The quantitative estimate of drug-likeness (QED) is 0.151. The Hall–Kier alpha value is -2.24. The number of halogens is 2. The number of esters is 1. The van der Waals surface area contributed by atoms with Gasteiger partial charge in [0.2, 0.25) is 0 Å². The van der Waals surface area contributed by atoms with E-state index < -0.39 is 81.6 Å². The lowest BCUT2D eigenvalue weighted by molar-refractivity contribution is -0.167. The summed E-state index contributed by atoms with van der Waals surface area (Å²) in [6.45, 7) is -3.32. The molecule has 1 aliphatic rings. The fourth-order valence-corrected chi connectivity index (χ4v) is 4.18. The van der Waals surface area contributed by atoms with E-state index >= 15 is 0 Å². The SMILES string of the molecule is [2H]C([2H])([2H])C([2H])([2H])C([2H])([2H])C([2H])([2H])C([2H])([2H])C([2H])([2H])C([2H])([2H])C([2H])([2H])C([2H])([2H])C([2H])([2H])C(=O)OC1(c2ccc(Cl)cc2)CCN(CCCC(=O)c2ccc(F)cc2)CC1. The Bertz CT molecular complexity index is 1830. The van der Waals surface area contributed by atoms with Crippen LogP contribution in [0.3, 0.4) is 0 Å². The van der Waals surface area contributed by atoms with E-state index in [-0.39, 0.29) is 48.7 Å². The lowest BCUT2D eigenvalue weighted by Gasteiger charge is -2.41. The van der Waals surface area contributed by atoms with Crippen LogP contribution in [0, 0.1) is 5.82 Å². The Labute approximate surface area is 262 Å². The summed E-state index contributed by atoms with van der Waals surface area (Å²) < 4.78 is 190. The molecule has 1 aliphatic heterocycles. The maximum absolute atomic E-state index is 13.8. The number of carbonyl (C=O) groups is 2. The van der Waals surface area contributed by atoms with Crippen LogP contribution in [0.4, 0.5) is 4.39 Å². The Kier molecular flexibility index (Phi) is 5.27. The van der Waals surface area contributed by atoms with E-state index in [1.165, 1.54) is 36.4 Å². The number of likely N-dealkylation sites (tertiary alicyclic amines) is 1. The van der Waals surface area contributed by atoms with Crippen molar-refractivity contribution in [3.63, 3.8) is 0 Å². The van der Waals surface area contributed by atoms with Crippen molar-refractivity contribution >= 4 is 23.4 Å². The van der Waals surface area contributed by atoms with Crippen LogP contribution < -0.4 is 0 Å². The highest BCUT2D eigenvalue weighted by atomic mass is 35.5. The summed E-state index contributed by atoms with van der Waals surface area (Å²) in [5.41, 5.74) is -1.18. The molecule has 1 saturated heterocycles. The van der Waals surface area contributed by atoms with Crippen molar-refractivity contribution in [1.29, 1.82) is 0 Å². The van der Waals surface area contributed by atoms with E-state index in [1.807, 2.05) is 4.90 Å². The Morgan fingerprint density at radius 1 is 0.974 bits per heavy atom. The molecule has 0 aliphatic carbocycles. The van der Waals surface area contributed by atoms with E-state index in [0.717, 1.165) is 12.1 Å². The number of ether oxygens (including phenoxy) is 1. The average molecular weight is 565 g/mol. The third kappa shape index (κ3) is 9.81. The topological polar surface area (TPSA) is 46.6 Å². The molecule has 2 aromatic carbocycles. The van der Waals surface area contributed by atoms with Gasteiger partial charge in [-0.1, -0.05) is 75.2 Å². The number of carbonyl (C=O) groups excluding carboxylic acids is 2. The summed E-state index contributed by atoms with van der Waals surface area (Å²) in [6.07, 6.45) is -40.8. The van der Waals surface area contributed by atoms with Crippen molar-refractivity contribution in [3.05, 3.63) is 70.5 Å². The number of piperidine rings is 1. The monoisotopic (exact) mass is 564 g/mol. The zero-order chi connectivity index (χ0) is 45.9. The molecule has 0 aromatic heterocycles. The molecular formula is C32H43ClFNO3. The fraction of sp³-hybridized carbons (Fsp3) is 0.562. The average Bonchev–Trinajstić information content (AvgIpc) is 3.11. The number of nitrogens with zero attached hydrogens (tertiary/aromatic N) is 1. The number of Topliss-reactive ketones (excluding diaryl/α,β-unsaturated/α-hetero) is 1. The van der Waals surface area contributed by atoms with Crippen molar-refractivity contribution in [2.24, 2.45) is 0 Å². The number of hydrogen-bond acceptors (Lipinski definition) is 4. The van der Waals surface area contributed by atoms with Gasteiger partial charge in [0.1, 0.15) is 11.4 Å². The van der Waals surface area contributed by atoms with E-state index in [0.29, 0.717) is 18.5 Å². The van der Waals surface area contributed by atoms with Crippen LogP contribution in [0.1, 0.15) is 135 Å². The lowest BCUT2D eigenvalue weighted by Crippen LogP contribution is -2.45. The first-order valence-electron chi connectivity index (χ1n) is 22.3. The molecule has 4 nitrogen and oxygen atoms in total. The molecule has 1 fully saturated rings. The van der Waals surface area contributed by atoms with Crippen molar-refractivity contribution in [3.8, 4) is 0 Å². The lowest BCUT2D eigenvalue weighted by atomic mass is 9.84. The number of benzene rings is 2. The second-order valence-corrected chi connectivity index (χ2v) is 8.83. The molecule has 6 heteroatoms. The van der Waals surface area contributed by atoms with Crippen molar-refractivity contribution < 1.29 is 47.5 Å². The van der Waals surface area contributed by atoms with Crippen LogP contribution in [0.5, 0.6) is 0 Å². The minimum atomic E-state index is -4.78. The largest absolute Gasteiger partial charge is 0.454 e. The molecule has 0 bridgehead atoms. The Balaban J connectivity index is 1.94. The van der Waals surface area contributed by atoms with Crippen molar-refractivity contribution in [2.75, 3.05) is 19.6 Å². The predicted octanol–water partition coefficient (Wildman–Crippen LogP) is 8.51. The molecule has 38 heavy (non-hydrogen) atoms. The highest BCUT2D eigenvalue weighted by Crippen LogP contribution is 2.38. The van der Waals surface area contributed by atoms with Gasteiger partial charge in [0.05, 0.1) is 0 Å². The normalized spacial score (nSPS) is 27.3. The van der Waals surface area contributed by atoms with Gasteiger partial charge in [-0.2, -0.15) is 0 Å². The van der Waals surface area contributed by atoms with Gasteiger partial charge in [-0.05, 0) is 61.3 Å². The first kappa shape index (κ1) is 12.5. The molecule has 2 aromatic rings. The zero-order valence-corrected chi connectivity index (χ0v) is 21.3. The van der Waals surface area contributed by atoms with Crippen molar-refractivity contribution in [1.82, 2.24) is 4.90 Å². The molecule has 0 atom stereocenters. The first-order chi connectivity index (χ1) is 26.3. The standard InChI is InChI=1S/C32H43ClFNO3/c1-2-3-4-5-6-7-8-9-12-31(37)38-32(27-15-17-28(33)18-16-27)21-24-35(25-22-32)23-10-11-30(36)26-13-19-29(34)20-14-26/h13-20H,2-12,21-25H2,1H3/i1D3,2D2,3D2,4D2,5D2,6D2,7D2,8D2,9D2,12D2. The van der Waals surface area contributed by atoms with Gasteiger partial charge < -0.3 is 9.64 Å². The maximum Gasteiger partial charge on any atom is 0.306 e. The van der Waals surface area contributed by atoms with Gasteiger partial charge in [-0.3, -0.25) is 9.59 Å². The minimum absolute atomic E-state index is 0.0807. The first-order valence-corrected chi connectivity index (χ1v) is 12.2. The summed E-state index contributed by atoms with van der Waals surface area (Å²) in [4.78, 5) is 28.3. The van der Waals surface area contributed by atoms with Crippen LogP contribution >= 0.6 is 11.6 Å². The van der Waals surface area contributed by atoms with Gasteiger partial charge in [-0.25, -0.2) is 4.39 Å². The smallest absolute Gasteiger partial charge is 0.306 e. The summed E-state index contributed by atoms with van der Waals surface area (Å²) in [7, 11) is 0. The summed E-state index contributed by atoms with van der Waals surface area (Å²) in [6, 6.07) is 10.7. The van der Waals surface area contributed by atoms with Gasteiger partial charge in [-0.15, -0.1) is 0 Å². The van der Waals surface area contributed by atoms with Gasteiger partial charge in [0.25, 0.3) is 0 Å². The van der Waals surface area contributed by atoms with Gasteiger partial charge in [0.15, 0.2) is 5.78 Å². The Morgan fingerprint density at radius 2 is 1.61 bits per heavy atom. The van der Waals surface area contributed by atoms with Crippen LogP contribution in [0.15, 0.2) is 48.5 Å². The second-order valence-electron chi connectivity index (χ2n) is 8.39. The minimum Gasteiger partial charge on any atom is -0.454 e. The molecule has 0 spiro atoms. The van der Waals surface area contributed by atoms with Crippen LogP contribution in [0.2, 0.25) is 5.02 Å². The molecule has 0 N–H and O–H groups in total. The van der Waals surface area contributed by atoms with E-state index in [2.05, 4.69) is 0 Å². The highest BCUT2D eigenvalue weighted by Gasteiger charge is 2.39. The molecule has 0 saturated carbocycles. The van der Waals surface area contributed by atoms with E-state index in [1.54, 1.807) is 0 Å². The van der Waals surface area contributed by atoms with Crippen LogP contribution in [0.25, 0.3) is 0 Å². The molecule has 3 rings (SSSR count). The number of ketones is 1. The van der Waals surface area contributed by atoms with Crippen molar-refractivity contribution in [2.45, 2.75) is 95.5 Å². The van der Waals surface area contributed by atoms with Gasteiger partial charge in [0, 0.05) is 78.1 Å². The summed E-state index contributed by atoms with van der Waals surface area (Å²) in [5.74, 6) is -2.83. The molecule has 0 radical (unpaired) electrons. The number of rotatable bonds is 16. The fourth-order valence-electron chi connectivity index (χ4n) is 4.06. The number of hydrogen-bond donors (Lipinski definition) is 0. The Morgan fingerprint density at radius 3 is 2.26 bits per heavy atom. The van der Waals surface area contributed by atoms with E-state index in [9.17, 15) is 14.0 Å². The molecular weight excluding hydrogens is 501 g/mol. The molecule has 0 unspecified atom stereocenters. The maximum atomic E-state index is 13.8. The third-order valence-corrected chi connectivity index (χ3v) is 6.22. The molecule has 208 valence electrons.